The monoisotopic (exact) mass is 328 g/mol. The summed E-state index contributed by atoms with van der Waals surface area (Å²) in [4.78, 5) is 0. The molecule has 23 heavy (non-hydrogen) atoms. The summed E-state index contributed by atoms with van der Waals surface area (Å²) in [7, 11) is 0. The fraction of sp³-hybridized carbons (Fsp3) is 0.368. The molecule has 2 aromatic rings. The summed E-state index contributed by atoms with van der Waals surface area (Å²) < 4.78 is 51.2. The van der Waals surface area contributed by atoms with E-state index >= 15 is 0 Å². The number of rotatable bonds is 2. The van der Waals surface area contributed by atoms with E-state index in [2.05, 4.69) is 0 Å². The third-order valence-corrected chi connectivity index (χ3v) is 3.18. The summed E-state index contributed by atoms with van der Waals surface area (Å²) in [5.74, 6) is -2.47. The van der Waals surface area contributed by atoms with Gasteiger partial charge in [-0.05, 0) is 35.6 Å². The van der Waals surface area contributed by atoms with Gasteiger partial charge in [0.1, 0.15) is 11.6 Å². The summed E-state index contributed by atoms with van der Waals surface area (Å²) in [6, 6.07) is 8.17. The van der Waals surface area contributed by atoms with Crippen LogP contribution in [0.15, 0.2) is 36.4 Å². The molecule has 0 bridgehead atoms. The van der Waals surface area contributed by atoms with Crippen molar-refractivity contribution in [1.29, 1.82) is 0 Å². The fourth-order valence-electron chi connectivity index (χ4n) is 2.03. The Labute approximate surface area is 136 Å². The highest BCUT2D eigenvalue weighted by Gasteiger charge is 2.11. The maximum atomic E-state index is 12.9. The van der Waals surface area contributed by atoms with E-state index in [4.69, 9.17) is 0 Å². The topological polar surface area (TPSA) is 0 Å². The van der Waals surface area contributed by atoms with E-state index in [1.165, 1.54) is 24.3 Å². The first-order valence-corrected chi connectivity index (χ1v) is 7.13. The Balaban J connectivity index is 0.000000403. The third-order valence-electron chi connectivity index (χ3n) is 3.18. The third kappa shape index (κ3) is 5.70. The molecular formula is C19H24F4. The molecule has 0 aliphatic rings. The average Bonchev–Trinajstić information content (AvgIpc) is 2.41. The van der Waals surface area contributed by atoms with Crippen LogP contribution in [0.25, 0.3) is 0 Å². The highest BCUT2D eigenvalue weighted by atomic mass is 19.2. The molecule has 0 spiro atoms. The molecule has 0 aliphatic heterocycles. The number of hydrogen-bond donors (Lipinski definition) is 0. The predicted octanol–water partition coefficient (Wildman–Crippen LogP) is 6.81. The van der Waals surface area contributed by atoms with Gasteiger partial charge in [-0.15, -0.1) is 0 Å². The Morgan fingerprint density at radius 2 is 1.09 bits per heavy atom. The van der Waals surface area contributed by atoms with Gasteiger partial charge in [0.2, 0.25) is 0 Å². The molecule has 0 fully saturated rings. The van der Waals surface area contributed by atoms with Crippen LogP contribution in [0.5, 0.6) is 0 Å². The van der Waals surface area contributed by atoms with Crippen molar-refractivity contribution in [3.05, 3.63) is 70.8 Å². The minimum Gasteiger partial charge on any atom is -0.207 e. The van der Waals surface area contributed by atoms with Gasteiger partial charge in [0, 0.05) is 5.56 Å². The van der Waals surface area contributed by atoms with Crippen LogP contribution in [0.1, 0.15) is 58.1 Å². The van der Waals surface area contributed by atoms with Crippen molar-refractivity contribution in [2.75, 3.05) is 0 Å². The van der Waals surface area contributed by atoms with Gasteiger partial charge in [0.15, 0.2) is 11.6 Å². The van der Waals surface area contributed by atoms with Gasteiger partial charge in [-0.1, -0.05) is 53.3 Å². The predicted molar refractivity (Wildman–Crippen MR) is 87.6 cm³/mol. The Hall–Kier alpha value is -1.84. The molecular weight excluding hydrogens is 304 g/mol. The highest BCUT2D eigenvalue weighted by Crippen LogP contribution is 2.21. The van der Waals surface area contributed by atoms with E-state index in [1.807, 2.05) is 13.8 Å². The minimum atomic E-state index is -0.767. The van der Waals surface area contributed by atoms with Crippen LogP contribution in [-0.4, -0.2) is 0 Å². The molecule has 0 amide bonds. The van der Waals surface area contributed by atoms with Crippen molar-refractivity contribution in [3.63, 3.8) is 0 Å². The molecule has 0 N–H and O–H groups in total. The van der Waals surface area contributed by atoms with Gasteiger partial charge in [-0.2, -0.15) is 0 Å². The maximum Gasteiger partial charge on any atom is 0.162 e. The average molecular weight is 328 g/mol. The standard InChI is InChI=1S/2C9H10F2.CH4/c1-6(2)9-7(10)4-3-5-8(9)11;1-6(2)7-4-3-5-8(10)9(7)11;/h2*3-6H,1-2H3;1H4. The Morgan fingerprint density at radius 1 is 0.652 bits per heavy atom. The molecule has 2 aromatic carbocycles. The maximum absolute atomic E-state index is 12.9. The zero-order valence-corrected chi connectivity index (χ0v) is 13.1. The molecule has 0 saturated heterocycles. The lowest BCUT2D eigenvalue weighted by atomic mass is 10.0. The summed E-state index contributed by atoms with van der Waals surface area (Å²) in [5, 5.41) is 0. The summed E-state index contributed by atoms with van der Waals surface area (Å²) >= 11 is 0. The molecule has 0 saturated carbocycles. The van der Waals surface area contributed by atoms with Crippen molar-refractivity contribution >= 4 is 0 Å². The molecule has 4 heteroatoms. The van der Waals surface area contributed by atoms with E-state index in [0.717, 1.165) is 6.07 Å². The first-order valence-electron chi connectivity index (χ1n) is 7.13. The number of halogens is 4. The van der Waals surface area contributed by atoms with Crippen LogP contribution >= 0.6 is 0 Å². The van der Waals surface area contributed by atoms with Crippen LogP contribution < -0.4 is 0 Å². The summed E-state index contributed by atoms with van der Waals surface area (Å²) in [6.07, 6.45) is 0. The first kappa shape index (κ1) is 21.2. The van der Waals surface area contributed by atoms with E-state index in [9.17, 15) is 17.6 Å². The summed E-state index contributed by atoms with van der Waals surface area (Å²) in [6.45, 7) is 7.19. The van der Waals surface area contributed by atoms with E-state index < -0.39 is 23.3 Å². The van der Waals surface area contributed by atoms with Crippen molar-refractivity contribution in [2.24, 2.45) is 0 Å². The Morgan fingerprint density at radius 3 is 1.43 bits per heavy atom. The van der Waals surface area contributed by atoms with Crippen molar-refractivity contribution in [3.8, 4) is 0 Å². The zero-order valence-electron chi connectivity index (χ0n) is 13.1. The molecule has 0 radical (unpaired) electrons. The highest BCUT2D eigenvalue weighted by molar-refractivity contribution is 5.22. The van der Waals surface area contributed by atoms with E-state index in [-0.39, 0.29) is 24.8 Å². The molecule has 0 aromatic heterocycles. The van der Waals surface area contributed by atoms with Gasteiger partial charge in [0.25, 0.3) is 0 Å². The number of hydrogen-bond acceptors (Lipinski definition) is 0. The molecule has 0 unspecified atom stereocenters. The normalized spacial score (nSPS) is 10.2. The largest absolute Gasteiger partial charge is 0.207 e. The zero-order chi connectivity index (χ0) is 16.9. The SMILES string of the molecule is C.CC(C)c1c(F)cccc1F.CC(C)c1cccc(F)c1F. The van der Waals surface area contributed by atoms with Gasteiger partial charge in [-0.3, -0.25) is 0 Å². The lowest BCUT2D eigenvalue weighted by Crippen LogP contribution is -1.96. The number of benzene rings is 2. The van der Waals surface area contributed by atoms with Crippen molar-refractivity contribution < 1.29 is 17.6 Å². The second-order valence-electron chi connectivity index (χ2n) is 5.59. The Bertz CT molecular complexity index is 599. The molecule has 0 atom stereocenters. The Kier molecular flexibility index (Phi) is 8.59. The van der Waals surface area contributed by atoms with Crippen molar-refractivity contribution in [1.82, 2.24) is 0 Å². The quantitative estimate of drug-likeness (QED) is 0.531. The molecule has 0 aliphatic carbocycles. The van der Waals surface area contributed by atoms with Crippen LogP contribution in [0, 0.1) is 23.3 Å². The van der Waals surface area contributed by atoms with E-state index in [1.54, 1.807) is 19.9 Å². The van der Waals surface area contributed by atoms with Gasteiger partial charge < -0.3 is 0 Å². The molecule has 0 heterocycles. The lowest BCUT2D eigenvalue weighted by Gasteiger charge is -2.06. The minimum absolute atomic E-state index is 0. The van der Waals surface area contributed by atoms with Crippen LogP contribution in [0.2, 0.25) is 0 Å². The van der Waals surface area contributed by atoms with Gasteiger partial charge in [-0.25, -0.2) is 17.6 Å². The summed E-state index contributed by atoms with van der Waals surface area (Å²) in [5.41, 5.74) is 0.609. The smallest absolute Gasteiger partial charge is 0.162 e. The molecule has 0 nitrogen and oxygen atoms in total. The second kappa shape index (κ2) is 9.33. The van der Waals surface area contributed by atoms with Crippen LogP contribution in [0.4, 0.5) is 17.6 Å². The molecule has 2 rings (SSSR count). The molecule has 128 valence electrons. The van der Waals surface area contributed by atoms with Crippen LogP contribution in [-0.2, 0) is 0 Å². The van der Waals surface area contributed by atoms with E-state index in [0.29, 0.717) is 5.56 Å². The van der Waals surface area contributed by atoms with Crippen molar-refractivity contribution in [2.45, 2.75) is 47.0 Å². The second-order valence-corrected chi connectivity index (χ2v) is 5.59. The first-order chi connectivity index (χ1) is 10.3. The van der Waals surface area contributed by atoms with Gasteiger partial charge >= 0.3 is 0 Å². The van der Waals surface area contributed by atoms with Crippen LogP contribution in [0.3, 0.4) is 0 Å². The lowest BCUT2D eigenvalue weighted by molar-refractivity contribution is 0.494. The van der Waals surface area contributed by atoms with Gasteiger partial charge in [0.05, 0.1) is 0 Å². The fourth-order valence-corrected chi connectivity index (χ4v) is 2.03.